The second kappa shape index (κ2) is 5.14. The molecule has 0 unspecified atom stereocenters. The number of aromatic nitrogens is 4. The number of aryl methyl sites for hydroxylation is 2. The summed E-state index contributed by atoms with van der Waals surface area (Å²) in [6.45, 7) is 2.51. The third-order valence-electron chi connectivity index (χ3n) is 3.97. The summed E-state index contributed by atoms with van der Waals surface area (Å²) >= 11 is 0. The van der Waals surface area contributed by atoms with Gasteiger partial charge < -0.3 is 4.57 Å². The number of benzene rings is 1. The van der Waals surface area contributed by atoms with Crippen LogP contribution in [0.3, 0.4) is 0 Å². The monoisotopic (exact) mass is 333 g/mol. The van der Waals surface area contributed by atoms with Crippen molar-refractivity contribution in [2.45, 2.75) is 37.2 Å². The van der Waals surface area contributed by atoms with Crippen LogP contribution < -0.4 is 4.72 Å². The van der Waals surface area contributed by atoms with Crippen LogP contribution in [-0.2, 0) is 23.0 Å². The van der Waals surface area contributed by atoms with Crippen LogP contribution in [0.5, 0.6) is 0 Å². The molecule has 0 aliphatic carbocycles. The van der Waals surface area contributed by atoms with Crippen molar-refractivity contribution in [3.63, 3.8) is 0 Å². The number of fused-ring (bicyclic) bond motifs is 2. The van der Waals surface area contributed by atoms with Gasteiger partial charge in [-0.15, -0.1) is 0 Å². The third kappa shape index (κ3) is 2.51. The first kappa shape index (κ1) is 14.3. The van der Waals surface area contributed by atoms with E-state index in [4.69, 9.17) is 0 Å². The van der Waals surface area contributed by atoms with Gasteiger partial charge in [-0.2, -0.15) is 0 Å². The molecule has 0 amide bonds. The van der Waals surface area contributed by atoms with Crippen molar-refractivity contribution in [3.8, 4) is 0 Å². The van der Waals surface area contributed by atoms with E-state index < -0.39 is 10.0 Å². The van der Waals surface area contributed by atoms with E-state index in [1.807, 2.05) is 17.7 Å². The van der Waals surface area contributed by atoms with Crippen LogP contribution in [0, 0.1) is 6.92 Å². The summed E-state index contributed by atoms with van der Waals surface area (Å²) in [5.41, 5.74) is 1.61. The molecule has 1 aliphatic rings. The predicted molar refractivity (Wildman–Crippen MR) is 81.2 cm³/mol. The maximum atomic E-state index is 12.7. The lowest BCUT2D eigenvalue weighted by molar-refractivity contribution is 0.315. The summed E-state index contributed by atoms with van der Waals surface area (Å²) in [7, 11) is -3.70. The molecule has 4 rings (SSSR count). The molecule has 3 heterocycles. The molecule has 0 saturated heterocycles. The average molecular weight is 333 g/mol. The van der Waals surface area contributed by atoms with Crippen molar-refractivity contribution in [1.82, 2.24) is 24.6 Å². The second-order valence-electron chi connectivity index (χ2n) is 5.70. The van der Waals surface area contributed by atoms with Crippen LogP contribution in [-0.4, -0.2) is 34.3 Å². The molecule has 1 atom stereocenters. The van der Waals surface area contributed by atoms with Crippen molar-refractivity contribution in [2.75, 3.05) is 0 Å². The van der Waals surface area contributed by atoms with E-state index in [0.29, 0.717) is 18.5 Å². The van der Waals surface area contributed by atoms with E-state index in [9.17, 15) is 8.42 Å². The normalized spacial score (nSPS) is 18.2. The lowest BCUT2D eigenvalue weighted by Gasteiger charge is -2.24. The highest BCUT2D eigenvalue weighted by Crippen LogP contribution is 2.22. The van der Waals surface area contributed by atoms with Gasteiger partial charge in [0.05, 0.1) is 5.69 Å². The molecule has 120 valence electrons. The van der Waals surface area contributed by atoms with E-state index >= 15 is 0 Å². The van der Waals surface area contributed by atoms with Crippen LogP contribution in [0.15, 0.2) is 33.9 Å². The number of hydrogen-bond donors (Lipinski definition) is 1. The topological polar surface area (TPSA) is 103 Å². The molecule has 23 heavy (non-hydrogen) atoms. The van der Waals surface area contributed by atoms with E-state index in [2.05, 4.69) is 24.6 Å². The van der Waals surface area contributed by atoms with Crippen LogP contribution in [0.25, 0.3) is 11.0 Å². The lowest BCUT2D eigenvalue weighted by atomic mass is 10.1. The van der Waals surface area contributed by atoms with Crippen LogP contribution in [0.4, 0.5) is 0 Å². The largest absolute Gasteiger partial charge is 0.333 e. The number of nitrogens with zero attached hydrogens (tertiary/aromatic N) is 4. The first-order valence-corrected chi connectivity index (χ1v) is 8.77. The maximum Gasteiger partial charge on any atom is 0.243 e. The molecule has 1 aromatic carbocycles. The van der Waals surface area contributed by atoms with Gasteiger partial charge >= 0.3 is 0 Å². The Labute approximate surface area is 132 Å². The SMILES string of the molecule is Cc1cn2c(n1)CC[C@H](NS(=O)(=O)c1cccc3nonc13)C2. The smallest absolute Gasteiger partial charge is 0.243 e. The molecule has 0 saturated carbocycles. The highest BCUT2D eigenvalue weighted by atomic mass is 32.2. The molecule has 0 bridgehead atoms. The zero-order valence-electron chi connectivity index (χ0n) is 12.4. The second-order valence-corrected chi connectivity index (χ2v) is 7.38. The number of rotatable bonds is 3. The quantitative estimate of drug-likeness (QED) is 0.767. The van der Waals surface area contributed by atoms with Crippen molar-refractivity contribution in [3.05, 3.63) is 35.9 Å². The van der Waals surface area contributed by atoms with Gasteiger partial charge in [0.15, 0.2) is 5.52 Å². The summed E-state index contributed by atoms with van der Waals surface area (Å²) in [6.07, 6.45) is 3.40. The van der Waals surface area contributed by atoms with Crippen LogP contribution >= 0.6 is 0 Å². The minimum atomic E-state index is -3.70. The first-order chi connectivity index (χ1) is 11.0. The molecule has 9 heteroatoms. The number of sulfonamides is 1. The summed E-state index contributed by atoms with van der Waals surface area (Å²) in [5.74, 6) is 1.00. The van der Waals surface area contributed by atoms with Gasteiger partial charge in [-0.05, 0) is 35.8 Å². The summed E-state index contributed by atoms with van der Waals surface area (Å²) in [5, 5.41) is 7.38. The fourth-order valence-electron chi connectivity index (χ4n) is 2.96. The van der Waals surface area contributed by atoms with Gasteiger partial charge in [0, 0.05) is 25.2 Å². The summed E-state index contributed by atoms with van der Waals surface area (Å²) in [4.78, 5) is 4.52. The number of nitrogens with one attached hydrogen (secondary N) is 1. The van der Waals surface area contributed by atoms with Crippen molar-refractivity contribution >= 4 is 21.1 Å². The third-order valence-corrected chi connectivity index (χ3v) is 5.53. The standard InChI is InChI=1S/C14H15N5O3S/c1-9-7-19-8-10(5-6-13(19)15-9)18-23(20,21)12-4-2-3-11-14(12)17-22-16-11/h2-4,7,10,18H,5-6,8H2,1H3/t10-/m0/s1. The highest BCUT2D eigenvalue weighted by molar-refractivity contribution is 7.89. The van der Waals surface area contributed by atoms with Crippen molar-refractivity contribution < 1.29 is 13.0 Å². The zero-order chi connectivity index (χ0) is 16.0. The Bertz CT molecular complexity index is 975. The average Bonchev–Trinajstić information content (AvgIpc) is 3.10. The molecule has 1 N–H and O–H groups in total. The van der Waals surface area contributed by atoms with Gasteiger partial charge in [-0.1, -0.05) is 6.07 Å². The molecule has 0 radical (unpaired) electrons. The molecular weight excluding hydrogens is 318 g/mol. The van der Waals surface area contributed by atoms with Gasteiger partial charge in [-0.25, -0.2) is 22.8 Å². The van der Waals surface area contributed by atoms with Crippen molar-refractivity contribution in [1.29, 1.82) is 0 Å². The predicted octanol–water partition coefficient (Wildman–Crippen LogP) is 1.02. The van der Waals surface area contributed by atoms with Gasteiger partial charge in [-0.3, -0.25) is 0 Å². The van der Waals surface area contributed by atoms with E-state index in [1.54, 1.807) is 12.1 Å². The maximum absolute atomic E-state index is 12.7. The molecular formula is C14H15N5O3S. The molecule has 0 spiro atoms. The van der Waals surface area contributed by atoms with E-state index in [0.717, 1.165) is 17.9 Å². The Morgan fingerprint density at radius 3 is 3.09 bits per heavy atom. The molecule has 8 nitrogen and oxygen atoms in total. The first-order valence-electron chi connectivity index (χ1n) is 7.29. The van der Waals surface area contributed by atoms with Gasteiger partial charge in [0.25, 0.3) is 0 Å². The van der Waals surface area contributed by atoms with E-state index in [-0.39, 0.29) is 16.5 Å². The molecule has 0 fully saturated rings. The zero-order valence-corrected chi connectivity index (χ0v) is 13.2. The number of hydrogen-bond acceptors (Lipinski definition) is 6. The fourth-order valence-corrected chi connectivity index (χ4v) is 4.38. The molecule has 2 aromatic heterocycles. The number of imidazole rings is 1. The minimum absolute atomic E-state index is 0.0869. The van der Waals surface area contributed by atoms with Crippen LogP contribution in [0.2, 0.25) is 0 Å². The fraction of sp³-hybridized carbons (Fsp3) is 0.357. The highest BCUT2D eigenvalue weighted by Gasteiger charge is 2.27. The van der Waals surface area contributed by atoms with Crippen LogP contribution in [0.1, 0.15) is 17.9 Å². The summed E-state index contributed by atoms with van der Waals surface area (Å²) in [6, 6.07) is 4.60. The van der Waals surface area contributed by atoms with Gasteiger partial charge in [0.2, 0.25) is 10.0 Å². The Balaban J connectivity index is 1.62. The van der Waals surface area contributed by atoms with Crippen molar-refractivity contribution in [2.24, 2.45) is 0 Å². The Morgan fingerprint density at radius 2 is 2.22 bits per heavy atom. The Hall–Kier alpha value is -2.26. The van der Waals surface area contributed by atoms with Gasteiger partial charge in [0.1, 0.15) is 16.2 Å². The Kier molecular flexibility index (Phi) is 3.20. The molecule has 3 aromatic rings. The minimum Gasteiger partial charge on any atom is -0.333 e. The lowest BCUT2D eigenvalue weighted by Crippen LogP contribution is -2.40. The Morgan fingerprint density at radius 1 is 1.35 bits per heavy atom. The summed E-state index contributed by atoms with van der Waals surface area (Å²) < 4.78 is 34.8. The molecule has 1 aliphatic heterocycles. The van der Waals surface area contributed by atoms with E-state index in [1.165, 1.54) is 6.07 Å².